The number of carbonyl (C=O) groups excluding carboxylic acids is 1. The summed E-state index contributed by atoms with van der Waals surface area (Å²) in [6.45, 7) is 2.00. The quantitative estimate of drug-likeness (QED) is 0.632. The van der Waals surface area contributed by atoms with Gasteiger partial charge in [0.1, 0.15) is 0 Å². The molecule has 2 aromatic carbocycles. The molecule has 0 bridgehead atoms. The topological polar surface area (TPSA) is 70.2 Å². The molecule has 2 amide bonds. The first-order valence-corrected chi connectivity index (χ1v) is 9.81. The minimum Gasteiger partial charge on any atom is -0.355 e. The maximum absolute atomic E-state index is 13.3. The summed E-state index contributed by atoms with van der Waals surface area (Å²) >= 11 is 0. The van der Waals surface area contributed by atoms with E-state index in [1.807, 2.05) is 18.2 Å². The summed E-state index contributed by atoms with van der Waals surface area (Å²) in [7, 11) is 0. The van der Waals surface area contributed by atoms with Crippen LogP contribution in [0.3, 0.4) is 0 Å². The van der Waals surface area contributed by atoms with Gasteiger partial charge in [-0.25, -0.2) is 13.6 Å². The van der Waals surface area contributed by atoms with E-state index in [2.05, 4.69) is 25.7 Å². The monoisotopic (exact) mass is 409 g/mol. The third-order valence-electron chi connectivity index (χ3n) is 4.92. The number of benzene rings is 2. The smallest absolute Gasteiger partial charge is 0.323 e. The Labute approximate surface area is 172 Å². The van der Waals surface area contributed by atoms with Crippen LogP contribution in [0.15, 0.2) is 54.6 Å². The molecule has 1 fully saturated rings. The van der Waals surface area contributed by atoms with Crippen molar-refractivity contribution in [3.63, 3.8) is 0 Å². The number of piperidine rings is 1. The van der Waals surface area contributed by atoms with Crippen molar-refractivity contribution >= 4 is 23.2 Å². The fourth-order valence-corrected chi connectivity index (χ4v) is 3.39. The third kappa shape index (κ3) is 4.71. The zero-order chi connectivity index (χ0) is 20.9. The van der Waals surface area contributed by atoms with Crippen molar-refractivity contribution in [3.05, 3.63) is 66.2 Å². The van der Waals surface area contributed by atoms with Gasteiger partial charge in [0, 0.05) is 36.1 Å². The van der Waals surface area contributed by atoms with E-state index in [0.29, 0.717) is 11.4 Å². The summed E-state index contributed by atoms with van der Waals surface area (Å²) in [5, 5.41) is 13.8. The zero-order valence-corrected chi connectivity index (χ0v) is 16.2. The fourth-order valence-electron chi connectivity index (χ4n) is 3.39. The Balaban J connectivity index is 1.43. The second-order valence-electron chi connectivity index (χ2n) is 7.11. The number of amides is 2. The largest absolute Gasteiger partial charge is 0.355 e. The first-order valence-electron chi connectivity index (χ1n) is 9.81. The lowest BCUT2D eigenvalue weighted by Crippen LogP contribution is -2.30. The number of urea groups is 1. The van der Waals surface area contributed by atoms with Crippen molar-refractivity contribution in [2.45, 2.75) is 19.3 Å². The van der Waals surface area contributed by atoms with Gasteiger partial charge in [0.2, 0.25) is 0 Å². The van der Waals surface area contributed by atoms with Crippen LogP contribution in [0.4, 0.5) is 30.8 Å². The summed E-state index contributed by atoms with van der Waals surface area (Å²) in [5.74, 6) is -1.12. The van der Waals surface area contributed by atoms with E-state index in [1.54, 1.807) is 18.2 Å². The first-order chi connectivity index (χ1) is 14.6. The van der Waals surface area contributed by atoms with Crippen LogP contribution in [-0.2, 0) is 0 Å². The Kier molecular flexibility index (Phi) is 5.83. The van der Waals surface area contributed by atoms with Crippen LogP contribution in [0.2, 0.25) is 0 Å². The minimum absolute atomic E-state index is 0.154. The average Bonchev–Trinajstić information content (AvgIpc) is 2.77. The number of nitrogens with one attached hydrogen (secondary N) is 2. The maximum Gasteiger partial charge on any atom is 0.323 e. The van der Waals surface area contributed by atoms with Gasteiger partial charge >= 0.3 is 6.03 Å². The number of rotatable bonds is 4. The Morgan fingerprint density at radius 2 is 1.60 bits per heavy atom. The lowest BCUT2D eigenvalue weighted by molar-refractivity contribution is 0.262. The standard InChI is InChI=1S/C22H21F2N5O/c23-18-8-7-17(14-19(18)24)26-22(30)25-16-6-4-5-15(13-16)20-9-10-21(28-27-20)29-11-2-1-3-12-29/h4-10,13-14H,1-3,11-12H2,(H2,25,26,30). The first kappa shape index (κ1) is 19.8. The van der Waals surface area contributed by atoms with Crippen LogP contribution in [0.25, 0.3) is 11.3 Å². The van der Waals surface area contributed by atoms with Gasteiger partial charge in [-0.15, -0.1) is 10.2 Å². The van der Waals surface area contributed by atoms with Crippen molar-refractivity contribution < 1.29 is 13.6 Å². The molecule has 0 unspecified atom stereocenters. The number of nitrogens with zero attached hydrogens (tertiary/aromatic N) is 3. The fraction of sp³-hybridized carbons (Fsp3) is 0.227. The van der Waals surface area contributed by atoms with Crippen molar-refractivity contribution in [2.24, 2.45) is 0 Å². The molecule has 6 nitrogen and oxygen atoms in total. The minimum atomic E-state index is -1.03. The third-order valence-corrected chi connectivity index (χ3v) is 4.92. The molecule has 8 heteroatoms. The molecule has 0 saturated carbocycles. The van der Waals surface area contributed by atoms with E-state index in [4.69, 9.17) is 0 Å². The number of anilines is 3. The molecule has 0 spiro atoms. The van der Waals surface area contributed by atoms with Crippen LogP contribution in [-0.4, -0.2) is 29.3 Å². The molecule has 1 aromatic heterocycles. The van der Waals surface area contributed by atoms with E-state index >= 15 is 0 Å². The molecule has 2 heterocycles. The van der Waals surface area contributed by atoms with E-state index in [-0.39, 0.29) is 5.69 Å². The van der Waals surface area contributed by atoms with Gasteiger partial charge in [-0.1, -0.05) is 12.1 Å². The zero-order valence-electron chi connectivity index (χ0n) is 16.2. The summed E-state index contributed by atoms with van der Waals surface area (Å²) in [6, 6.07) is 13.6. The SMILES string of the molecule is O=C(Nc1cccc(-c2ccc(N3CCCCC3)nn2)c1)Nc1ccc(F)c(F)c1. The Morgan fingerprint density at radius 3 is 2.30 bits per heavy atom. The highest BCUT2D eigenvalue weighted by molar-refractivity contribution is 6.00. The second-order valence-corrected chi connectivity index (χ2v) is 7.11. The van der Waals surface area contributed by atoms with E-state index in [0.717, 1.165) is 36.6 Å². The van der Waals surface area contributed by atoms with Crippen molar-refractivity contribution in [3.8, 4) is 11.3 Å². The molecule has 4 rings (SSSR count). The second kappa shape index (κ2) is 8.86. The summed E-state index contributed by atoms with van der Waals surface area (Å²) in [6.07, 6.45) is 3.60. The van der Waals surface area contributed by atoms with Crippen LogP contribution in [0.1, 0.15) is 19.3 Å². The average molecular weight is 409 g/mol. The van der Waals surface area contributed by atoms with Gasteiger partial charge in [0.15, 0.2) is 17.5 Å². The van der Waals surface area contributed by atoms with Crippen molar-refractivity contribution in [1.82, 2.24) is 10.2 Å². The molecule has 30 heavy (non-hydrogen) atoms. The van der Waals surface area contributed by atoms with Crippen molar-refractivity contribution in [2.75, 3.05) is 28.6 Å². The molecule has 154 valence electrons. The molecule has 1 saturated heterocycles. The number of carbonyl (C=O) groups is 1. The van der Waals surface area contributed by atoms with Gasteiger partial charge in [-0.3, -0.25) is 0 Å². The Hall–Kier alpha value is -3.55. The predicted octanol–water partition coefficient (Wildman–Crippen LogP) is 5.06. The molecular weight excluding hydrogens is 388 g/mol. The Bertz CT molecular complexity index is 1040. The lowest BCUT2D eigenvalue weighted by Gasteiger charge is -2.27. The highest BCUT2D eigenvalue weighted by atomic mass is 19.2. The van der Waals surface area contributed by atoms with Crippen LogP contribution in [0, 0.1) is 11.6 Å². The normalized spacial score (nSPS) is 13.7. The van der Waals surface area contributed by atoms with Gasteiger partial charge in [0.25, 0.3) is 0 Å². The summed E-state index contributed by atoms with van der Waals surface area (Å²) in [5.41, 5.74) is 2.19. The van der Waals surface area contributed by atoms with Gasteiger partial charge in [-0.2, -0.15) is 0 Å². The molecule has 0 atom stereocenters. The molecule has 0 radical (unpaired) electrons. The highest BCUT2D eigenvalue weighted by Gasteiger charge is 2.13. The molecule has 1 aliphatic rings. The lowest BCUT2D eigenvalue weighted by atomic mass is 10.1. The van der Waals surface area contributed by atoms with Gasteiger partial charge in [0.05, 0.1) is 5.69 Å². The maximum atomic E-state index is 13.3. The van der Waals surface area contributed by atoms with Crippen LogP contribution < -0.4 is 15.5 Å². The van der Waals surface area contributed by atoms with Crippen molar-refractivity contribution in [1.29, 1.82) is 0 Å². The molecule has 3 aromatic rings. The molecular formula is C22H21F2N5O. The Morgan fingerprint density at radius 1 is 0.833 bits per heavy atom. The van der Waals surface area contributed by atoms with E-state index in [9.17, 15) is 13.6 Å². The summed E-state index contributed by atoms with van der Waals surface area (Å²) in [4.78, 5) is 14.4. The van der Waals surface area contributed by atoms with Gasteiger partial charge < -0.3 is 15.5 Å². The predicted molar refractivity (Wildman–Crippen MR) is 113 cm³/mol. The number of hydrogen-bond donors (Lipinski definition) is 2. The molecule has 1 aliphatic heterocycles. The van der Waals surface area contributed by atoms with E-state index < -0.39 is 17.7 Å². The van der Waals surface area contributed by atoms with Crippen LogP contribution in [0.5, 0.6) is 0 Å². The molecule has 2 N–H and O–H groups in total. The number of hydrogen-bond acceptors (Lipinski definition) is 4. The highest BCUT2D eigenvalue weighted by Crippen LogP contribution is 2.23. The van der Waals surface area contributed by atoms with Crippen LogP contribution >= 0.6 is 0 Å². The van der Waals surface area contributed by atoms with Gasteiger partial charge in [-0.05, 0) is 55.7 Å². The van der Waals surface area contributed by atoms with E-state index in [1.165, 1.54) is 25.3 Å². The summed E-state index contributed by atoms with van der Waals surface area (Å²) < 4.78 is 26.3. The number of aromatic nitrogens is 2. The number of halogens is 2. The molecule has 0 aliphatic carbocycles.